The molecule has 2 aliphatic rings. The van der Waals surface area contributed by atoms with Crippen molar-refractivity contribution in [3.63, 3.8) is 0 Å². The molecular formula is C18H25ClFN3O2. The number of rotatable bonds is 4. The van der Waals surface area contributed by atoms with Crippen LogP contribution in [0.5, 0.6) is 0 Å². The van der Waals surface area contributed by atoms with E-state index in [0.29, 0.717) is 30.9 Å². The Labute approximate surface area is 153 Å². The average molecular weight is 370 g/mol. The monoisotopic (exact) mass is 369 g/mol. The maximum Gasteiger partial charge on any atom is 0.224 e. The van der Waals surface area contributed by atoms with Crippen LogP contribution < -0.4 is 16.0 Å². The minimum absolute atomic E-state index is 0. The quantitative estimate of drug-likeness (QED) is 0.763. The summed E-state index contributed by atoms with van der Waals surface area (Å²) in [6.45, 7) is 4.05. The number of nitrogens with one attached hydrogen (secondary N) is 3. The Morgan fingerprint density at radius 2 is 2.20 bits per heavy atom. The number of hydrogen-bond acceptors (Lipinski definition) is 3. The van der Waals surface area contributed by atoms with Gasteiger partial charge in [-0.25, -0.2) is 4.39 Å². The van der Waals surface area contributed by atoms with Gasteiger partial charge in [-0.05, 0) is 61.9 Å². The number of benzene rings is 1. The first kappa shape index (κ1) is 19.7. The van der Waals surface area contributed by atoms with Crippen molar-refractivity contribution in [2.24, 2.45) is 11.8 Å². The van der Waals surface area contributed by atoms with E-state index in [9.17, 15) is 14.0 Å². The molecule has 3 rings (SSSR count). The third-order valence-electron chi connectivity index (χ3n) is 5.01. The second-order valence-electron chi connectivity index (χ2n) is 6.87. The summed E-state index contributed by atoms with van der Waals surface area (Å²) >= 11 is 0. The lowest BCUT2D eigenvalue weighted by molar-refractivity contribution is -0.117. The molecule has 0 aromatic heterocycles. The van der Waals surface area contributed by atoms with Gasteiger partial charge in [0.05, 0.1) is 5.69 Å². The Bertz CT molecular complexity index is 647. The zero-order valence-corrected chi connectivity index (χ0v) is 15.2. The highest BCUT2D eigenvalue weighted by atomic mass is 35.5. The molecule has 3 N–H and O–H groups in total. The summed E-state index contributed by atoms with van der Waals surface area (Å²) in [5, 5.41) is 8.74. The summed E-state index contributed by atoms with van der Waals surface area (Å²) in [4.78, 5) is 23.7. The highest BCUT2D eigenvalue weighted by molar-refractivity contribution is 5.96. The van der Waals surface area contributed by atoms with Crippen LogP contribution in [0.15, 0.2) is 12.1 Å². The van der Waals surface area contributed by atoms with Crippen molar-refractivity contribution in [3.05, 3.63) is 23.5 Å². The Hall–Kier alpha value is -1.66. The van der Waals surface area contributed by atoms with E-state index in [1.807, 2.05) is 0 Å². The number of anilines is 2. The zero-order valence-electron chi connectivity index (χ0n) is 14.4. The van der Waals surface area contributed by atoms with Crippen molar-refractivity contribution in [3.8, 4) is 0 Å². The summed E-state index contributed by atoms with van der Waals surface area (Å²) in [6, 6.07) is 2.92. The minimum Gasteiger partial charge on any atom is -0.326 e. The minimum atomic E-state index is -0.453. The van der Waals surface area contributed by atoms with Crippen LogP contribution in [-0.2, 0) is 16.0 Å². The molecule has 138 valence electrons. The third kappa shape index (κ3) is 4.92. The van der Waals surface area contributed by atoms with Crippen molar-refractivity contribution in [1.82, 2.24) is 5.32 Å². The Balaban J connectivity index is 0.00000225. The number of carbonyl (C=O) groups is 2. The van der Waals surface area contributed by atoms with E-state index in [0.717, 1.165) is 31.5 Å². The molecule has 2 atom stereocenters. The van der Waals surface area contributed by atoms with Crippen molar-refractivity contribution in [1.29, 1.82) is 0 Å². The van der Waals surface area contributed by atoms with Crippen molar-refractivity contribution in [2.75, 3.05) is 23.7 Å². The first-order valence-corrected chi connectivity index (χ1v) is 8.66. The van der Waals surface area contributed by atoms with Gasteiger partial charge in [0.15, 0.2) is 0 Å². The predicted molar refractivity (Wildman–Crippen MR) is 98.6 cm³/mol. The zero-order chi connectivity index (χ0) is 17.1. The molecule has 1 fully saturated rings. The summed E-state index contributed by atoms with van der Waals surface area (Å²) in [5.74, 6) is 0.0134. The van der Waals surface area contributed by atoms with E-state index in [-0.39, 0.29) is 35.8 Å². The summed E-state index contributed by atoms with van der Waals surface area (Å²) < 4.78 is 14.2. The van der Waals surface area contributed by atoms with Gasteiger partial charge < -0.3 is 16.0 Å². The van der Waals surface area contributed by atoms with E-state index in [4.69, 9.17) is 0 Å². The molecule has 0 bridgehead atoms. The Kier molecular flexibility index (Phi) is 6.79. The van der Waals surface area contributed by atoms with Gasteiger partial charge in [-0.15, -0.1) is 12.4 Å². The number of piperidine rings is 1. The topological polar surface area (TPSA) is 70.2 Å². The van der Waals surface area contributed by atoms with Gasteiger partial charge in [0.2, 0.25) is 11.8 Å². The Morgan fingerprint density at radius 3 is 2.92 bits per heavy atom. The summed E-state index contributed by atoms with van der Waals surface area (Å²) in [5.41, 5.74) is 1.49. The largest absolute Gasteiger partial charge is 0.326 e. The van der Waals surface area contributed by atoms with E-state index in [1.165, 1.54) is 12.1 Å². The van der Waals surface area contributed by atoms with Crippen LogP contribution in [0.25, 0.3) is 0 Å². The van der Waals surface area contributed by atoms with Gasteiger partial charge in [0.25, 0.3) is 0 Å². The molecule has 0 aliphatic carbocycles. The molecule has 1 saturated heterocycles. The molecule has 2 heterocycles. The number of hydrogen-bond donors (Lipinski definition) is 3. The van der Waals surface area contributed by atoms with Crippen molar-refractivity contribution < 1.29 is 14.0 Å². The second-order valence-corrected chi connectivity index (χ2v) is 6.87. The first-order valence-electron chi connectivity index (χ1n) is 8.66. The number of carbonyl (C=O) groups excluding carboxylic acids is 2. The van der Waals surface area contributed by atoms with Gasteiger partial charge in [0, 0.05) is 18.5 Å². The van der Waals surface area contributed by atoms with Crippen LogP contribution in [0.3, 0.4) is 0 Å². The van der Waals surface area contributed by atoms with Crippen LogP contribution in [0.4, 0.5) is 15.8 Å². The van der Waals surface area contributed by atoms with Gasteiger partial charge in [0.1, 0.15) is 5.82 Å². The second kappa shape index (κ2) is 8.63. The third-order valence-corrected chi connectivity index (χ3v) is 5.01. The van der Waals surface area contributed by atoms with E-state index in [1.54, 1.807) is 0 Å². The maximum absolute atomic E-state index is 14.2. The van der Waals surface area contributed by atoms with Gasteiger partial charge in [-0.3, -0.25) is 9.59 Å². The number of amides is 2. The molecule has 0 radical (unpaired) electrons. The molecule has 0 spiro atoms. The highest BCUT2D eigenvalue weighted by Gasteiger charge is 2.23. The fourth-order valence-electron chi connectivity index (χ4n) is 3.52. The molecule has 1 aromatic rings. The lowest BCUT2D eigenvalue weighted by atomic mass is 9.85. The van der Waals surface area contributed by atoms with E-state index < -0.39 is 5.82 Å². The fraction of sp³-hybridized carbons (Fsp3) is 0.556. The predicted octanol–water partition coefficient (Wildman–Crippen LogP) is 3.10. The molecule has 5 nitrogen and oxygen atoms in total. The van der Waals surface area contributed by atoms with Crippen LogP contribution in [0.2, 0.25) is 0 Å². The SMILES string of the molecule is CC(CC(=O)Nc1cc2c(cc1F)CCC(=O)N2)C1CCCNC1.Cl. The first-order chi connectivity index (χ1) is 11.5. The van der Waals surface area contributed by atoms with Crippen LogP contribution in [-0.4, -0.2) is 24.9 Å². The average Bonchev–Trinajstić information content (AvgIpc) is 2.56. The van der Waals surface area contributed by atoms with Gasteiger partial charge >= 0.3 is 0 Å². The molecule has 0 saturated carbocycles. The van der Waals surface area contributed by atoms with Crippen LogP contribution in [0.1, 0.15) is 38.2 Å². The van der Waals surface area contributed by atoms with E-state index in [2.05, 4.69) is 22.9 Å². The van der Waals surface area contributed by atoms with Crippen LogP contribution in [0, 0.1) is 17.7 Å². The Morgan fingerprint density at radius 1 is 1.40 bits per heavy atom. The lowest BCUT2D eigenvalue weighted by Gasteiger charge is -2.28. The lowest BCUT2D eigenvalue weighted by Crippen LogP contribution is -2.34. The standard InChI is InChI=1S/C18H24FN3O2.ClH/c1-11(13-3-2-6-20-10-13)7-18(24)22-16-9-15-12(8-14(16)19)4-5-17(23)21-15;/h8-9,11,13,20H,2-7,10H2,1H3,(H,21,23)(H,22,24);1H. The normalized spacial score (nSPS) is 20.7. The highest BCUT2D eigenvalue weighted by Crippen LogP contribution is 2.29. The summed E-state index contributed by atoms with van der Waals surface area (Å²) in [6.07, 6.45) is 3.52. The smallest absolute Gasteiger partial charge is 0.224 e. The molecule has 2 aliphatic heterocycles. The molecule has 2 unspecified atom stereocenters. The molecule has 7 heteroatoms. The van der Waals surface area contributed by atoms with Gasteiger partial charge in [-0.1, -0.05) is 6.92 Å². The number of halogens is 2. The van der Waals surface area contributed by atoms with E-state index >= 15 is 0 Å². The maximum atomic E-state index is 14.2. The number of fused-ring (bicyclic) bond motifs is 1. The van der Waals surface area contributed by atoms with Crippen LogP contribution >= 0.6 is 12.4 Å². The molecule has 1 aromatic carbocycles. The van der Waals surface area contributed by atoms with Gasteiger partial charge in [-0.2, -0.15) is 0 Å². The molecular weight excluding hydrogens is 345 g/mol. The molecule has 2 amide bonds. The molecule has 25 heavy (non-hydrogen) atoms. The summed E-state index contributed by atoms with van der Waals surface area (Å²) in [7, 11) is 0. The fourth-order valence-corrected chi connectivity index (χ4v) is 3.52. The van der Waals surface area contributed by atoms with Crippen molar-refractivity contribution >= 4 is 35.6 Å². The number of aryl methyl sites for hydroxylation is 1. The van der Waals surface area contributed by atoms with Crippen molar-refractivity contribution in [2.45, 2.75) is 39.0 Å².